The van der Waals surface area contributed by atoms with Crippen LogP contribution in [-0.2, 0) is 11.2 Å². The van der Waals surface area contributed by atoms with Gasteiger partial charge in [0.2, 0.25) is 0 Å². The number of aryl methyl sites for hydroxylation is 1. The van der Waals surface area contributed by atoms with Gasteiger partial charge in [-0.1, -0.05) is 29.8 Å². The zero-order valence-electron chi connectivity index (χ0n) is 15.0. The van der Waals surface area contributed by atoms with Crippen molar-refractivity contribution in [2.24, 2.45) is 5.73 Å². The van der Waals surface area contributed by atoms with E-state index in [4.69, 9.17) is 10.5 Å². The van der Waals surface area contributed by atoms with Crippen LogP contribution < -0.4 is 16.0 Å². The molecule has 25 heavy (non-hydrogen) atoms. The molecule has 1 aliphatic rings. The first-order valence-electron chi connectivity index (χ1n) is 8.80. The minimum atomic E-state index is 0.209. The van der Waals surface area contributed by atoms with Gasteiger partial charge in [-0.2, -0.15) is 0 Å². The number of nitrogens with zero attached hydrogens (tertiary/aromatic N) is 3. The lowest BCUT2D eigenvalue weighted by molar-refractivity contribution is 0.118. The fourth-order valence-corrected chi connectivity index (χ4v) is 3.35. The van der Waals surface area contributed by atoms with Crippen molar-refractivity contribution in [2.75, 3.05) is 37.0 Å². The lowest BCUT2D eigenvalue weighted by Gasteiger charge is -2.24. The van der Waals surface area contributed by atoms with Crippen molar-refractivity contribution in [1.82, 2.24) is 9.97 Å². The van der Waals surface area contributed by atoms with E-state index in [-0.39, 0.29) is 12.1 Å². The van der Waals surface area contributed by atoms with Crippen molar-refractivity contribution in [1.29, 1.82) is 0 Å². The number of anilines is 2. The summed E-state index contributed by atoms with van der Waals surface area (Å²) in [6.45, 7) is 4.36. The molecule has 6 nitrogen and oxygen atoms in total. The number of nitrogens with two attached hydrogens (primary N) is 1. The van der Waals surface area contributed by atoms with Crippen LogP contribution in [0.15, 0.2) is 36.7 Å². The molecule has 0 unspecified atom stereocenters. The summed E-state index contributed by atoms with van der Waals surface area (Å²) in [6, 6.07) is 10.8. The first-order chi connectivity index (χ1) is 12.2. The Balaban J connectivity index is 1.61. The molecular formula is C19H27N5O. The molecule has 0 bridgehead atoms. The van der Waals surface area contributed by atoms with Crippen LogP contribution in [0.25, 0.3) is 0 Å². The highest BCUT2D eigenvalue weighted by Crippen LogP contribution is 2.26. The standard InChI is InChI=1S/C19H27N5O/c1-14-4-3-5-15(8-14)6-7-21-18-10-19(23-13-22-18)24-12-17(25-2)9-16(24)11-20/h3-5,8,10,13,16-17H,6-7,9,11-12,20H2,1-2H3,(H,21,22,23)/t16-,17-/m0/s1. The summed E-state index contributed by atoms with van der Waals surface area (Å²) in [7, 11) is 1.75. The average Bonchev–Trinajstić information content (AvgIpc) is 3.06. The lowest BCUT2D eigenvalue weighted by atomic mass is 10.1. The van der Waals surface area contributed by atoms with E-state index < -0.39 is 0 Å². The third kappa shape index (κ3) is 4.46. The number of aromatic nitrogens is 2. The van der Waals surface area contributed by atoms with Crippen LogP contribution in [0.3, 0.4) is 0 Å². The van der Waals surface area contributed by atoms with Crippen LogP contribution in [-0.4, -0.2) is 48.9 Å². The number of benzene rings is 1. The van der Waals surface area contributed by atoms with Crippen LogP contribution in [0.2, 0.25) is 0 Å². The molecule has 1 aromatic heterocycles. The van der Waals surface area contributed by atoms with Gasteiger partial charge in [-0.15, -0.1) is 0 Å². The average molecular weight is 341 g/mol. The fraction of sp³-hybridized carbons (Fsp3) is 0.474. The van der Waals surface area contributed by atoms with Crippen molar-refractivity contribution >= 4 is 11.6 Å². The van der Waals surface area contributed by atoms with Gasteiger partial charge in [-0.05, 0) is 25.3 Å². The smallest absolute Gasteiger partial charge is 0.134 e. The van der Waals surface area contributed by atoms with E-state index in [9.17, 15) is 0 Å². The molecule has 1 saturated heterocycles. The quantitative estimate of drug-likeness (QED) is 0.802. The molecule has 1 fully saturated rings. The SMILES string of the molecule is CO[C@H]1C[C@@H](CN)N(c2cc(NCCc3cccc(C)c3)ncn2)C1. The zero-order valence-corrected chi connectivity index (χ0v) is 15.0. The Bertz CT molecular complexity index is 693. The third-order valence-corrected chi connectivity index (χ3v) is 4.73. The maximum atomic E-state index is 5.92. The van der Waals surface area contributed by atoms with E-state index in [1.807, 2.05) is 6.07 Å². The van der Waals surface area contributed by atoms with E-state index in [1.165, 1.54) is 11.1 Å². The van der Waals surface area contributed by atoms with Crippen LogP contribution in [0, 0.1) is 6.92 Å². The number of nitrogens with one attached hydrogen (secondary N) is 1. The first-order valence-corrected chi connectivity index (χ1v) is 8.80. The van der Waals surface area contributed by atoms with Crippen LogP contribution in [0.5, 0.6) is 0 Å². The van der Waals surface area contributed by atoms with Gasteiger partial charge < -0.3 is 20.7 Å². The molecule has 0 aliphatic carbocycles. The van der Waals surface area contributed by atoms with Crippen LogP contribution >= 0.6 is 0 Å². The molecule has 2 heterocycles. The molecule has 1 aromatic carbocycles. The predicted octanol–water partition coefficient (Wildman–Crippen LogP) is 1.99. The normalized spacial score (nSPS) is 20.0. The highest BCUT2D eigenvalue weighted by molar-refractivity contribution is 5.50. The fourth-order valence-electron chi connectivity index (χ4n) is 3.35. The van der Waals surface area contributed by atoms with Crippen molar-refractivity contribution in [3.63, 3.8) is 0 Å². The van der Waals surface area contributed by atoms with Gasteiger partial charge in [-0.3, -0.25) is 0 Å². The van der Waals surface area contributed by atoms with E-state index in [0.717, 1.165) is 37.6 Å². The first kappa shape index (κ1) is 17.6. The van der Waals surface area contributed by atoms with Crippen molar-refractivity contribution in [3.05, 3.63) is 47.8 Å². The summed E-state index contributed by atoms with van der Waals surface area (Å²) in [5, 5.41) is 3.39. The molecule has 6 heteroatoms. The molecule has 0 amide bonds. The molecule has 134 valence electrons. The molecule has 1 aliphatic heterocycles. The van der Waals surface area contributed by atoms with Gasteiger partial charge in [0.25, 0.3) is 0 Å². The van der Waals surface area contributed by atoms with Gasteiger partial charge in [0.05, 0.1) is 6.10 Å². The maximum Gasteiger partial charge on any atom is 0.134 e. The van der Waals surface area contributed by atoms with Crippen LogP contribution in [0.4, 0.5) is 11.6 Å². The molecule has 0 radical (unpaired) electrons. The number of methoxy groups -OCH3 is 1. The third-order valence-electron chi connectivity index (χ3n) is 4.73. The lowest BCUT2D eigenvalue weighted by Crippen LogP contribution is -2.36. The number of hydrogen-bond donors (Lipinski definition) is 2. The summed E-state index contributed by atoms with van der Waals surface area (Å²) < 4.78 is 5.49. The van der Waals surface area contributed by atoms with E-state index in [0.29, 0.717) is 6.54 Å². The second-order valence-corrected chi connectivity index (χ2v) is 6.56. The monoisotopic (exact) mass is 341 g/mol. The molecule has 2 atom stereocenters. The second kappa shape index (κ2) is 8.27. The summed E-state index contributed by atoms with van der Waals surface area (Å²) in [4.78, 5) is 11.0. The minimum absolute atomic E-state index is 0.209. The highest BCUT2D eigenvalue weighted by Gasteiger charge is 2.32. The van der Waals surface area contributed by atoms with E-state index in [2.05, 4.69) is 51.4 Å². The Morgan fingerprint density at radius 1 is 1.32 bits per heavy atom. The molecule has 0 saturated carbocycles. The number of rotatable bonds is 7. The summed E-state index contributed by atoms with van der Waals surface area (Å²) in [5.41, 5.74) is 8.53. The summed E-state index contributed by atoms with van der Waals surface area (Å²) in [6.07, 6.45) is 3.72. The Morgan fingerprint density at radius 3 is 2.96 bits per heavy atom. The van der Waals surface area contributed by atoms with Gasteiger partial charge >= 0.3 is 0 Å². The topological polar surface area (TPSA) is 76.3 Å². The highest BCUT2D eigenvalue weighted by atomic mass is 16.5. The predicted molar refractivity (Wildman–Crippen MR) is 101 cm³/mol. The molecule has 2 aromatic rings. The molecular weight excluding hydrogens is 314 g/mol. The van der Waals surface area contributed by atoms with Crippen molar-refractivity contribution < 1.29 is 4.74 Å². The Hall–Kier alpha value is -2.18. The molecule has 0 spiro atoms. The molecule has 3 rings (SSSR count). The Morgan fingerprint density at radius 2 is 2.20 bits per heavy atom. The van der Waals surface area contributed by atoms with Gasteiger partial charge in [0.15, 0.2) is 0 Å². The minimum Gasteiger partial charge on any atom is -0.380 e. The van der Waals surface area contributed by atoms with Gasteiger partial charge in [0, 0.05) is 38.9 Å². The maximum absolute atomic E-state index is 5.92. The second-order valence-electron chi connectivity index (χ2n) is 6.56. The van der Waals surface area contributed by atoms with Crippen LogP contribution in [0.1, 0.15) is 17.5 Å². The number of ether oxygens (including phenoxy) is 1. The van der Waals surface area contributed by atoms with Gasteiger partial charge in [0.1, 0.15) is 18.0 Å². The number of hydrogen-bond acceptors (Lipinski definition) is 6. The van der Waals surface area contributed by atoms with Crippen molar-refractivity contribution in [3.8, 4) is 0 Å². The zero-order chi connectivity index (χ0) is 17.6. The summed E-state index contributed by atoms with van der Waals surface area (Å²) >= 11 is 0. The van der Waals surface area contributed by atoms with Crippen molar-refractivity contribution in [2.45, 2.75) is 31.9 Å². The Labute approximate surface area is 149 Å². The largest absolute Gasteiger partial charge is 0.380 e. The van der Waals surface area contributed by atoms with E-state index >= 15 is 0 Å². The van der Waals surface area contributed by atoms with Gasteiger partial charge in [-0.25, -0.2) is 9.97 Å². The Kier molecular flexibility index (Phi) is 5.83. The van der Waals surface area contributed by atoms with E-state index in [1.54, 1.807) is 13.4 Å². The summed E-state index contributed by atoms with van der Waals surface area (Å²) in [5.74, 6) is 1.75. The molecule has 3 N–H and O–H groups in total.